The first-order valence-electron chi connectivity index (χ1n) is 24.3. The lowest BCUT2D eigenvalue weighted by atomic mass is 9.84. The lowest BCUT2D eigenvalue weighted by Crippen LogP contribution is -2.16. The van der Waals surface area contributed by atoms with E-state index in [9.17, 15) is 13.0 Å². The van der Waals surface area contributed by atoms with Gasteiger partial charge in [-0.05, 0) is 133 Å². The number of fused-ring (bicyclic) bond motifs is 6. The number of H-pyrrole nitrogens is 2. The summed E-state index contributed by atoms with van der Waals surface area (Å²) in [5, 5.41) is 1.79. The summed E-state index contributed by atoms with van der Waals surface area (Å²) in [5.74, 6) is 1.14. The van der Waals surface area contributed by atoms with Crippen LogP contribution in [0.25, 0.3) is 90.9 Å². The lowest BCUT2D eigenvalue weighted by molar-refractivity contribution is 0.310. The van der Waals surface area contributed by atoms with Gasteiger partial charge in [0.1, 0.15) is 16.4 Å². The fraction of sp³-hybridized carbons (Fsp3) is 0.167. The molecule has 3 N–H and O–H groups in total. The molecule has 9 nitrogen and oxygen atoms in total. The van der Waals surface area contributed by atoms with E-state index in [2.05, 4.69) is 30.7 Å². The van der Waals surface area contributed by atoms with Gasteiger partial charge in [-0.1, -0.05) is 128 Å². The van der Waals surface area contributed by atoms with Gasteiger partial charge in [-0.15, -0.1) is 0 Å². The summed E-state index contributed by atoms with van der Waals surface area (Å²) in [6.45, 7) is 6.72. The predicted octanol–water partition coefficient (Wildman–Crippen LogP) is 16.8. The number of rotatable bonds is 3. The van der Waals surface area contributed by atoms with Crippen molar-refractivity contribution in [1.82, 2.24) is 19.9 Å². The summed E-state index contributed by atoms with van der Waals surface area (Å²) in [4.78, 5) is 18.3. The third kappa shape index (κ3) is 9.44. The number of benzene rings is 5. The molecule has 0 fully saturated rings. The van der Waals surface area contributed by atoms with E-state index in [1.54, 1.807) is 0 Å². The van der Waals surface area contributed by atoms with E-state index in [4.69, 9.17) is 65.8 Å². The number of nitrogens with zero attached hydrogens (tertiary/aromatic N) is 2. The number of nitrogens with one attached hydrogen (secondary N) is 2. The second-order valence-corrected chi connectivity index (χ2v) is 22.4. The Hall–Kier alpha value is -6.63. The molecule has 0 saturated carbocycles. The molecule has 8 aromatic rings. The first-order valence-corrected chi connectivity index (χ1v) is 27.2. The quantitative estimate of drug-likeness (QED) is 0.150. The van der Waals surface area contributed by atoms with Crippen molar-refractivity contribution < 1.29 is 22.4 Å². The maximum atomic E-state index is 13.4. The summed E-state index contributed by atoms with van der Waals surface area (Å²) in [6, 6.07) is 38.2. The van der Waals surface area contributed by atoms with Gasteiger partial charge in [-0.3, -0.25) is 4.55 Å². The standard InChI is InChI=1S/C60H48Cl4N4O5S/c1-60(2,3)36-32-34-12-10-30-72-51-20-6-4-14-37(51)53-43-22-26-47(65-43)57(55-39(61)16-8-17-40(55)62)49-28-24-45(67-49)54(38-15-5-7-21-52(38)73-31-11-13-35(33-36)59(34)74(69,70)71)46-25-29-50(68-46)58(48-27-23-44(53)66-48)56-41(63)18-9-19-42(56)64/h4-9,14-29,32-33,65,68H,10-13,30-31H2,1-3H3,(H,69,70,71). The number of para-hydroxylation sites is 2. The van der Waals surface area contributed by atoms with Gasteiger partial charge in [0.15, 0.2) is 0 Å². The average Bonchev–Trinajstić information content (AvgIpc) is 4.22. The lowest BCUT2D eigenvalue weighted by Gasteiger charge is -2.24. The maximum Gasteiger partial charge on any atom is 0.295 e. The Morgan fingerprint density at radius 2 is 0.865 bits per heavy atom. The van der Waals surface area contributed by atoms with Crippen LogP contribution in [0.4, 0.5) is 0 Å². The highest BCUT2D eigenvalue weighted by molar-refractivity contribution is 7.86. The summed E-state index contributed by atoms with van der Waals surface area (Å²) < 4.78 is 51.1. The van der Waals surface area contributed by atoms with Crippen molar-refractivity contribution in [2.24, 2.45) is 0 Å². The van der Waals surface area contributed by atoms with E-state index in [1.807, 2.05) is 146 Å². The Bertz CT molecular complexity index is 3680. The number of hydrogen-bond donors (Lipinski definition) is 3. The summed E-state index contributed by atoms with van der Waals surface area (Å²) >= 11 is 28.5. The molecule has 0 aliphatic carbocycles. The van der Waals surface area contributed by atoms with E-state index < -0.39 is 10.1 Å². The summed E-state index contributed by atoms with van der Waals surface area (Å²) in [7, 11) is -4.63. The van der Waals surface area contributed by atoms with Crippen LogP contribution in [0, 0.1) is 0 Å². The third-order valence-electron chi connectivity index (χ3n) is 13.6. The highest BCUT2D eigenvalue weighted by Gasteiger charge is 2.27. The zero-order valence-corrected chi connectivity index (χ0v) is 44.3. The first-order chi connectivity index (χ1) is 35.6. The molecule has 74 heavy (non-hydrogen) atoms. The van der Waals surface area contributed by atoms with E-state index in [0.717, 1.165) is 27.8 Å². The van der Waals surface area contributed by atoms with Gasteiger partial charge in [0.25, 0.3) is 10.1 Å². The Balaban J connectivity index is 1.26. The number of aryl methyl sites for hydroxylation is 2. The highest BCUT2D eigenvalue weighted by Crippen LogP contribution is 2.46. The molecule has 12 bridgehead atoms. The minimum atomic E-state index is -4.63. The maximum absolute atomic E-state index is 13.4. The number of hydrogen-bond acceptors (Lipinski definition) is 6. The predicted molar refractivity (Wildman–Crippen MR) is 303 cm³/mol. The van der Waals surface area contributed by atoms with Crippen LogP contribution >= 0.6 is 46.4 Å². The zero-order chi connectivity index (χ0) is 51.5. The van der Waals surface area contributed by atoms with Crippen LogP contribution in [-0.2, 0) is 28.4 Å². The molecule has 12 rings (SSSR count). The van der Waals surface area contributed by atoms with E-state index >= 15 is 0 Å². The average molecular weight is 1080 g/mol. The second kappa shape index (κ2) is 19.9. The van der Waals surface area contributed by atoms with Crippen molar-refractivity contribution >= 4 is 103 Å². The van der Waals surface area contributed by atoms with Gasteiger partial charge in [-0.25, -0.2) is 9.97 Å². The highest BCUT2D eigenvalue weighted by atomic mass is 35.5. The first kappa shape index (κ1) is 49.6. The van der Waals surface area contributed by atoms with E-state index in [0.29, 0.717) is 135 Å². The molecule has 372 valence electrons. The fourth-order valence-corrected chi connectivity index (χ4v) is 12.3. The molecule has 0 unspecified atom stereocenters. The number of halogens is 4. The van der Waals surface area contributed by atoms with Crippen LogP contribution in [0.15, 0.2) is 126 Å². The molecule has 0 radical (unpaired) electrons. The number of ether oxygens (including phenoxy) is 2. The van der Waals surface area contributed by atoms with Crippen molar-refractivity contribution in [3.63, 3.8) is 0 Å². The van der Waals surface area contributed by atoms with Crippen LogP contribution in [0.2, 0.25) is 20.1 Å². The van der Waals surface area contributed by atoms with E-state index in [1.165, 1.54) is 0 Å². The Morgan fingerprint density at radius 3 is 1.24 bits per heavy atom. The summed E-state index contributed by atoms with van der Waals surface area (Å²) in [5.41, 5.74) is 12.5. The van der Waals surface area contributed by atoms with Crippen LogP contribution in [-0.4, -0.2) is 46.1 Å². The van der Waals surface area contributed by atoms with Crippen molar-refractivity contribution in [2.75, 3.05) is 13.2 Å². The van der Waals surface area contributed by atoms with Crippen LogP contribution < -0.4 is 9.47 Å². The second-order valence-electron chi connectivity index (χ2n) is 19.4. The van der Waals surface area contributed by atoms with Crippen molar-refractivity contribution in [2.45, 2.75) is 56.8 Å². The SMILES string of the molecule is CC(C)(C)c1cc2c(S(=O)(=O)O)c(c1)CCCOc1ccccc1-c1c3nc(c(-c4c(Cl)cccc4Cl)c4ccc([nH]4)c(c4nc(c(-c5c(Cl)cccc5Cl)c5ccc1[nH]5)C=C4)-c1ccccc1OCCC2)C=C3. The molecular formula is C60H48Cl4N4O5S. The minimum absolute atomic E-state index is 0.0637. The van der Waals surface area contributed by atoms with Gasteiger partial charge < -0.3 is 19.4 Å². The van der Waals surface area contributed by atoms with Crippen LogP contribution in [0.1, 0.15) is 73.1 Å². The topological polar surface area (TPSA) is 130 Å². The molecule has 4 aliphatic rings. The van der Waals surface area contributed by atoms with Crippen LogP contribution in [0.5, 0.6) is 11.5 Å². The van der Waals surface area contributed by atoms with Crippen LogP contribution in [0.3, 0.4) is 0 Å². The fourth-order valence-electron chi connectivity index (χ4n) is 10.1. The molecule has 0 atom stereocenters. The van der Waals surface area contributed by atoms with Gasteiger partial charge in [0, 0.05) is 66.6 Å². The smallest absolute Gasteiger partial charge is 0.295 e. The normalized spacial score (nSPS) is 13.8. The molecule has 7 heterocycles. The van der Waals surface area contributed by atoms with E-state index in [-0.39, 0.29) is 23.5 Å². The number of aromatic nitrogens is 4. The summed E-state index contributed by atoms with van der Waals surface area (Å²) in [6.07, 6.45) is 9.38. The van der Waals surface area contributed by atoms with Gasteiger partial charge in [-0.2, -0.15) is 8.42 Å². The van der Waals surface area contributed by atoms with Crippen molar-refractivity contribution in [3.05, 3.63) is 181 Å². The Morgan fingerprint density at radius 1 is 0.500 bits per heavy atom. The van der Waals surface area contributed by atoms with Gasteiger partial charge in [0.2, 0.25) is 0 Å². The third-order valence-corrected chi connectivity index (χ3v) is 15.9. The molecule has 0 saturated heterocycles. The molecule has 0 spiro atoms. The van der Waals surface area contributed by atoms with Gasteiger partial charge in [0.05, 0.1) is 56.1 Å². The van der Waals surface area contributed by atoms with Crippen molar-refractivity contribution in [3.8, 4) is 56.0 Å². The number of aromatic amines is 2. The largest absolute Gasteiger partial charge is 0.493 e. The van der Waals surface area contributed by atoms with Gasteiger partial charge >= 0.3 is 0 Å². The molecule has 4 aliphatic heterocycles. The molecule has 5 aromatic carbocycles. The molecular weight excluding hydrogens is 1030 g/mol. The zero-order valence-electron chi connectivity index (χ0n) is 40.5. The monoisotopic (exact) mass is 1080 g/mol. The molecule has 3 aromatic heterocycles. The van der Waals surface area contributed by atoms with Crippen molar-refractivity contribution in [1.29, 1.82) is 0 Å². The Kier molecular flexibility index (Phi) is 13.3. The molecule has 14 heteroatoms. The Labute approximate surface area is 449 Å². The molecule has 0 amide bonds. The minimum Gasteiger partial charge on any atom is -0.493 e.